The number of nitrogens with zero attached hydrogens (tertiary/aromatic N) is 1. The Kier molecular flexibility index (Phi) is 8.42. The van der Waals surface area contributed by atoms with Crippen LogP contribution in [0.2, 0.25) is 0 Å². The van der Waals surface area contributed by atoms with E-state index in [1.54, 1.807) is 30.3 Å². The van der Waals surface area contributed by atoms with E-state index in [1.807, 2.05) is 0 Å². The lowest BCUT2D eigenvalue weighted by molar-refractivity contribution is -0.119. The van der Waals surface area contributed by atoms with Gasteiger partial charge in [-0.3, -0.25) is 9.59 Å². The number of carbonyl (C=O) groups excluding carboxylic acids is 2. The number of nitrogens with two attached hydrogens (primary N) is 1. The van der Waals surface area contributed by atoms with Crippen molar-refractivity contribution in [3.8, 4) is 28.5 Å². The molecular formula is C24H23BrFN3O5. The minimum Gasteiger partial charge on any atom is -0.494 e. The second-order valence-electron chi connectivity index (χ2n) is 7.11. The maximum atomic E-state index is 13.6. The van der Waals surface area contributed by atoms with Crippen LogP contribution in [-0.2, 0) is 11.2 Å². The lowest BCUT2D eigenvalue weighted by atomic mass is 10.1. The maximum absolute atomic E-state index is 13.6. The Morgan fingerprint density at radius 3 is 2.44 bits per heavy atom. The number of hydrogen-bond acceptors (Lipinski definition) is 6. The molecule has 3 rings (SSSR count). The predicted molar refractivity (Wildman–Crippen MR) is 128 cm³/mol. The van der Waals surface area contributed by atoms with Gasteiger partial charge >= 0.3 is 0 Å². The van der Waals surface area contributed by atoms with E-state index in [2.05, 4.69) is 26.2 Å². The van der Waals surface area contributed by atoms with Gasteiger partial charge < -0.3 is 25.3 Å². The molecule has 3 N–H and O–H groups in total. The van der Waals surface area contributed by atoms with Gasteiger partial charge in [-0.25, -0.2) is 9.37 Å². The van der Waals surface area contributed by atoms with Crippen molar-refractivity contribution in [2.75, 3.05) is 27.4 Å². The first-order valence-corrected chi connectivity index (χ1v) is 11.0. The highest BCUT2D eigenvalue weighted by Crippen LogP contribution is 2.31. The number of methoxy groups -OCH3 is 2. The highest BCUT2D eigenvalue weighted by Gasteiger charge is 2.14. The van der Waals surface area contributed by atoms with Crippen LogP contribution in [0.5, 0.6) is 17.2 Å². The molecule has 0 saturated carbocycles. The van der Waals surface area contributed by atoms with E-state index >= 15 is 0 Å². The molecule has 0 radical (unpaired) electrons. The Balaban J connectivity index is 1.67. The third-order valence-electron chi connectivity index (χ3n) is 4.79. The van der Waals surface area contributed by atoms with Crippen LogP contribution in [0.4, 0.5) is 4.39 Å². The van der Waals surface area contributed by atoms with Crippen molar-refractivity contribution >= 4 is 27.7 Å². The average molecular weight is 532 g/mol. The fourth-order valence-electron chi connectivity index (χ4n) is 3.12. The SMILES string of the molecule is COc1cc(C(=O)NCCc2ccc(OC)c(-c3ccc(F)c(Br)c3)n2)ccc1OCC(N)=O. The van der Waals surface area contributed by atoms with Crippen LogP contribution in [0.1, 0.15) is 16.1 Å². The number of pyridine rings is 1. The molecule has 2 amide bonds. The van der Waals surface area contributed by atoms with Crippen LogP contribution in [0, 0.1) is 5.82 Å². The molecule has 0 atom stereocenters. The summed E-state index contributed by atoms with van der Waals surface area (Å²) < 4.78 is 29.9. The van der Waals surface area contributed by atoms with Crippen LogP contribution >= 0.6 is 15.9 Å². The quantitative estimate of drug-likeness (QED) is 0.414. The number of carbonyl (C=O) groups is 2. The number of hydrogen-bond donors (Lipinski definition) is 2. The van der Waals surface area contributed by atoms with E-state index < -0.39 is 5.91 Å². The normalized spacial score (nSPS) is 10.5. The summed E-state index contributed by atoms with van der Waals surface area (Å²) in [7, 11) is 2.97. The second-order valence-corrected chi connectivity index (χ2v) is 7.96. The molecule has 0 aliphatic rings. The van der Waals surface area contributed by atoms with E-state index in [0.717, 1.165) is 5.69 Å². The molecule has 0 spiro atoms. The number of primary amides is 1. The Morgan fingerprint density at radius 2 is 1.76 bits per heavy atom. The number of halogens is 2. The van der Waals surface area contributed by atoms with Crippen molar-refractivity contribution in [2.24, 2.45) is 5.73 Å². The van der Waals surface area contributed by atoms with Gasteiger partial charge in [0.15, 0.2) is 18.1 Å². The Labute approximate surface area is 204 Å². The molecule has 34 heavy (non-hydrogen) atoms. The zero-order chi connectivity index (χ0) is 24.7. The van der Waals surface area contributed by atoms with Gasteiger partial charge in [-0.2, -0.15) is 0 Å². The first-order valence-electron chi connectivity index (χ1n) is 10.2. The molecule has 0 unspecified atom stereocenters. The van der Waals surface area contributed by atoms with Crippen LogP contribution in [0.25, 0.3) is 11.3 Å². The maximum Gasteiger partial charge on any atom is 0.255 e. The summed E-state index contributed by atoms with van der Waals surface area (Å²) in [5.74, 6) is -0.133. The van der Waals surface area contributed by atoms with Crippen LogP contribution in [0.15, 0.2) is 53.0 Å². The van der Waals surface area contributed by atoms with Gasteiger partial charge in [0.05, 0.1) is 18.7 Å². The summed E-state index contributed by atoms with van der Waals surface area (Å²) in [6.45, 7) is 0.0284. The number of aromatic nitrogens is 1. The number of rotatable bonds is 10. The molecule has 0 fully saturated rings. The molecule has 3 aromatic rings. The Morgan fingerprint density at radius 1 is 1.03 bits per heavy atom. The molecule has 8 nitrogen and oxygen atoms in total. The number of ether oxygens (including phenoxy) is 3. The molecule has 1 heterocycles. The van der Waals surface area contributed by atoms with Crippen molar-refractivity contribution in [1.82, 2.24) is 10.3 Å². The smallest absolute Gasteiger partial charge is 0.255 e. The number of amides is 2. The van der Waals surface area contributed by atoms with Gasteiger partial charge in [0, 0.05) is 29.8 Å². The molecule has 2 aromatic carbocycles. The molecule has 1 aromatic heterocycles. The molecular weight excluding hydrogens is 509 g/mol. The lowest BCUT2D eigenvalue weighted by Crippen LogP contribution is -2.26. The Bertz CT molecular complexity index is 1210. The molecule has 0 bridgehead atoms. The fraction of sp³-hybridized carbons (Fsp3) is 0.208. The van der Waals surface area contributed by atoms with Gasteiger partial charge in [0.25, 0.3) is 11.8 Å². The molecule has 0 saturated heterocycles. The minimum atomic E-state index is -0.619. The summed E-state index contributed by atoms with van der Waals surface area (Å²) in [5.41, 5.74) is 7.44. The van der Waals surface area contributed by atoms with Gasteiger partial charge in [0.2, 0.25) is 0 Å². The van der Waals surface area contributed by atoms with E-state index in [4.69, 9.17) is 19.9 Å². The third-order valence-corrected chi connectivity index (χ3v) is 5.40. The fourth-order valence-corrected chi connectivity index (χ4v) is 3.50. The molecule has 10 heteroatoms. The van der Waals surface area contributed by atoms with Crippen molar-refractivity contribution in [2.45, 2.75) is 6.42 Å². The second kappa shape index (κ2) is 11.5. The monoisotopic (exact) mass is 531 g/mol. The van der Waals surface area contributed by atoms with E-state index in [1.165, 1.54) is 32.4 Å². The topological polar surface area (TPSA) is 113 Å². The van der Waals surface area contributed by atoms with Crippen LogP contribution in [-0.4, -0.2) is 44.2 Å². The highest BCUT2D eigenvalue weighted by atomic mass is 79.9. The zero-order valence-corrected chi connectivity index (χ0v) is 20.1. The van der Waals surface area contributed by atoms with E-state index in [9.17, 15) is 14.0 Å². The van der Waals surface area contributed by atoms with E-state index in [0.29, 0.717) is 51.5 Å². The standard InChI is InChI=1S/C24H23BrFN3O5/c1-32-20-8-5-16(29-23(20)14-3-6-18(26)17(25)11-14)9-10-28-24(31)15-4-7-19(21(12-15)33-2)34-13-22(27)30/h3-8,11-12H,9-10,13H2,1-2H3,(H2,27,30)(H,28,31). The van der Waals surface area contributed by atoms with Crippen molar-refractivity contribution in [3.63, 3.8) is 0 Å². The van der Waals surface area contributed by atoms with Crippen LogP contribution in [0.3, 0.4) is 0 Å². The first kappa shape index (κ1) is 25.0. The van der Waals surface area contributed by atoms with Crippen molar-refractivity contribution in [1.29, 1.82) is 0 Å². The average Bonchev–Trinajstić information content (AvgIpc) is 2.84. The van der Waals surface area contributed by atoms with Crippen molar-refractivity contribution < 1.29 is 28.2 Å². The molecule has 178 valence electrons. The number of benzene rings is 2. The minimum absolute atomic E-state index is 0.298. The van der Waals surface area contributed by atoms with Gasteiger partial charge in [-0.1, -0.05) is 0 Å². The third kappa shape index (κ3) is 6.22. The summed E-state index contributed by atoms with van der Waals surface area (Å²) in [6.07, 6.45) is 0.460. The van der Waals surface area contributed by atoms with E-state index in [-0.39, 0.29) is 18.3 Å². The summed E-state index contributed by atoms with van der Waals surface area (Å²) >= 11 is 3.19. The molecule has 0 aliphatic heterocycles. The summed E-state index contributed by atoms with van der Waals surface area (Å²) in [6, 6.07) is 12.8. The van der Waals surface area contributed by atoms with Crippen LogP contribution < -0.4 is 25.3 Å². The van der Waals surface area contributed by atoms with Gasteiger partial charge in [0.1, 0.15) is 17.3 Å². The highest BCUT2D eigenvalue weighted by molar-refractivity contribution is 9.10. The molecule has 0 aliphatic carbocycles. The number of nitrogens with one attached hydrogen (secondary N) is 1. The summed E-state index contributed by atoms with van der Waals surface area (Å²) in [4.78, 5) is 28.1. The zero-order valence-electron chi connectivity index (χ0n) is 18.6. The van der Waals surface area contributed by atoms with Gasteiger partial charge in [-0.15, -0.1) is 0 Å². The van der Waals surface area contributed by atoms with Gasteiger partial charge in [-0.05, 0) is 64.5 Å². The predicted octanol–water partition coefficient (Wildman–Crippen LogP) is 3.50. The van der Waals surface area contributed by atoms with Crippen molar-refractivity contribution in [3.05, 3.63) is 70.1 Å². The largest absolute Gasteiger partial charge is 0.494 e. The summed E-state index contributed by atoms with van der Waals surface area (Å²) in [5, 5.41) is 2.84. The Hall–Kier alpha value is -3.66. The lowest BCUT2D eigenvalue weighted by Gasteiger charge is -2.12. The first-order chi connectivity index (χ1) is 16.3.